The van der Waals surface area contributed by atoms with Crippen molar-refractivity contribution in [2.24, 2.45) is 0 Å². The molecule has 0 aliphatic heterocycles. The van der Waals surface area contributed by atoms with Crippen LogP contribution in [0.1, 0.15) is 31.9 Å². The van der Waals surface area contributed by atoms with Crippen LogP contribution in [0.4, 0.5) is 13.6 Å². The van der Waals surface area contributed by atoms with Gasteiger partial charge in [0.25, 0.3) is 10.0 Å². The van der Waals surface area contributed by atoms with E-state index in [0.717, 1.165) is 18.6 Å². The average Bonchev–Trinajstić information content (AvgIpc) is 3.08. The molecule has 0 atom stereocenters. The van der Waals surface area contributed by atoms with Crippen LogP contribution in [-0.2, 0) is 21.4 Å². The Balaban J connectivity index is 2.11. The van der Waals surface area contributed by atoms with E-state index in [0.29, 0.717) is 9.54 Å². The van der Waals surface area contributed by atoms with Crippen LogP contribution in [0.5, 0.6) is 0 Å². The fourth-order valence-corrected chi connectivity index (χ4v) is 4.33. The maximum atomic E-state index is 15.5. The van der Waals surface area contributed by atoms with Crippen LogP contribution in [0, 0.1) is 18.7 Å². The molecule has 1 amide bonds. The summed E-state index contributed by atoms with van der Waals surface area (Å²) in [5.41, 5.74) is -1.14. The lowest BCUT2D eigenvalue weighted by Gasteiger charge is -2.30. The number of nitrogens with zero attached hydrogens (tertiary/aromatic N) is 4. The lowest BCUT2D eigenvalue weighted by molar-refractivity contribution is 0.0753. The number of carbonyl (C=O) groups is 1. The van der Waals surface area contributed by atoms with Gasteiger partial charge < -0.3 is 9.64 Å². The van der Waals surface area contributed by atoms with Gasteiger partial charge in [-0.15, -0.1) is 0 Å². The van der Waals surface area contributed by atoms with E-state index in [-0.39, 0.29) is 16.0 Å². The largest absolute Gasteiger partial charge is 0.444 e. The minimum absolute atomic E-state index is 0.209. The molecule has 11 heteroatoms. The van der Waals surface area contributed by atoms with Crippen molar-refractivity contribution in [2.45, 2.75) is 44.7 Å². The summed E-state index contributed by atoms with van der Waals surface area (Å²) in [5.74, 6) is -2.10. The number of amides is 1. The Bertz CT molecular complexity index is 1300. The van der Waals surface area contributed by atoms with Crippen LogP contribution in [0.3, 0.4) is 0 Å². The fourth-order valence-electron chi connectivity index (χ4n) is 2.89. The van der Waals surface area contributed by atoms with Crippen molar-refractivity contribution in [3.63, 3.8) is 0 Å². The first-order valence-corrected chi connectivity index (χ1v) is 11.4. The summed E-state index contributed by atoms with van der Waals surface area (Å²) < 4.78 is 62.4. The highest BCUT2D eigenvalue weighted by molar-refractivity contribution is 7.90. The number of halogens is 2. The van der Waals surface area contributed by atoms with E-state index in [1.807, 2.05) is 0 Å². The third-order valence-corrected chi connectivity index (χ3v) is 6.66. The minimum Gasteiger partial charge on any atom is -0.444 e. The SMILES string of the molecule is Cc1cncc(S(=O)(=O)n2cc(COC(=O)N(C)C(C)(C)C)c(F)c2-c2cccnc2F)c1. The van der Waals surface area contributed by atoms with Crippen LogP contribution in [-0.4, -0.2) is 45.9 Å². The van der Waals surface area contributed by atoms with Gasteiger partial charge in [0.1, 0.15) is 17.2 Å². The van der Waals surface area contributed by atoms with Crippen LogP contribution in [0.15, 0.2) is 47.9 Å². The van der Waals surface area contributed by atoms with Crippen molar-refractivity contribution in [2.75, 3.05) is 7.05 Å². The molecule has 176 valence electrons. The molecule has 0 aliphatic rings. The van der Waals surface area contributed by atoms with Crippen molar-refractivity contribution in [3.05, 3.63) is 65.9 Å². The third kappa shape index (κ3) is 4.87. The fraction of sp³-hybridized carbons (Fsp3) is 0.318. The van der Waals surface area contributed by atoms with Gasteiger partial charge >= 0.3 is 6.09 Å². The Hall–Kier alpha value is -3.34. The van der Waals surface area contributed by atoms with Gasteiger partial charge in [-0.05, 0) is 51.5 Å². The Kier molecular flexibility index (Phi) is 6.55. The molecule has 33 heavy (non-hydrogen) atoms. The Morgan fingerprint density at radius 2 is 1.94 bits per heavy atom. The zero-order chi connectivity index (χ0) is 24.6. The van der Waals surface area contributed by atoms with Gasteiger partial charge in [-0.2, -0.15) is 4.39 Å². The van der Waals surface area contributed by atoms with Crippen molar-refractivity contribution < 1.29 is 26.7 Å². The van der Waals surface area contributed by atoms with Crippen molar-refractivity contribution >= 4 is 16.1 Å². The topological polar surface area (TPSA) is 94.4 Å². The molecule has 0 radical (unpaired) electrons. The van der Waals surface area contributed by atoms with Crippen LogP contribution in [0.25, 0.3) is 11.3 Å². The molecule has 3 rings (SSSR count). The van der Waals surface area contributed by atoms with Crippen LogP contribution in [0.2, 0.25) is 0 Å². The van der Waals surface area contributed by atoms with Gasteiger partial charge in [-0.1, -0.05) is 0 Å². The second-order valence-corrected chi connectivity index (χ2v) is 10.3. The van der Waals surface area contributed by atoms with Gasteiger partial charge in [0, 0.05) is 42.9 Å². The predicted octanol–water partition coefficient (Wildman–Crippen LogP) is 4.14. The molecule has 3 aromatic rings. The molecular weight excluding hydrogens is 454 g/mol. The Morgan fingerprint density at radius 3 is 2.55 bits per heavy atom. The number of ether oxygens (including phenoxy) is 1. The monoisotopic (exact) mass is 478 g/mol. The van der Waals surface area contributed by atoms with E-state index >= 15 is 4.39 Å². The first kappa shape index (κ1) is 24.3. The molecule has 0 bridgehead atoms. The summed E-state index contributed by atoms with van der Waals surface area (Å²) in [5, 5.41) is 0. The summed E-state index contributed by atoms with van der Waals surface area (Å²) in [6, 6.07) is 3.93. The van der Waals surface area contributed by atoms with Crippen molar-refractivity contribution in [3.8, 4) is 11.3 Å². The van der Waals surface area contributed by atoms with Gasteiger partial charge in [0.2, 0.25) is 5.95 Å². The van der Waals surface area contributed by atoms with Gasteiger partial charge in [0.05, 0.1) is 5.56 Å². The predicted molar refractivity (Wildman–Crippen MR) is 117 cm³/mol. The standard InChI is InChI=1S/C22H24F2N4O4S/c1-14-9-16(11-25-10-14)33(30,31)28-12-15(13-32-21(29)27(5)22(2,3)4)18(23)19(28)17-7-6-8-26-20(17)24/h6-12H,13H2,1-5H3. The number of pyridine rings is 2. The van der Waals surface area contributed by atoms with Crippen molar-refractivity contribution in [1.29, 1.82) is 0 Å². The lowest BCUT2D eigenvalue weighted by atomic mass is 10.1. The average molecular weight is 479 g/mol. The molecule has 0 aromatic carbocycles. The molecule has 0 saturated carbocycles. The van der Waals surface area contributed by atoms with E-state index in [1.54, 1.807) is 27.7 Å². The molecule has 3 heterocycles. The highest BCUT2D eigenvalue weighted by atomic mass is 32.2. The van der Waals surface area contributed by atoms with Gasteiger partial charge in [-0.3, -0.25) is 4.98 Å². The Labute approximate surface area is 190 Å². The molecule has 3 aromatic heterocycles. The molecule has 0 aliphatic carbocycles. The van der Waals surface area contributed by atoms with Crippen LogP contribution < -0.4 is 0 Å². The number of aryl methyl sites for hydroxylation is 1. The zero-order valence-electron chi connectivity index (χ0n) is 18.8. The molecule has 0 unspecified atom stereocenters. The number of carbonyl (C=O) groups excluding carboxylic acids is 1. The van der Waals surface area contributed by atoms with E-state index in [9.17, 15) is 17.6 Å². The number of aromatic nitrogens is 3. The van der Waals surface area contributed by atoms with Gasteiger partial charge in [-0.25, -0.2) is 26.6 Å². The maximum Gasteiger partial charge on any atom is 0.410 e. The Morgan fingerprint density at radius 1 is 1.24 bits per heavy atom. The summed E-state index contributed by atoms with van der Waals surface area (Å²) in [4.78, 5) is 20.8. The maximum absolute atomic E-state index is 15.5. The molecular formula is C22H24F2N4O4S. The highest BCUT2D eigenvalue weighted by Crippen LogP contribution is 2.32. The second-order valence-electron chi connectivity index (χ2n) is 8.44. The molecule has 0 fully saturated rings. The van der Waals surface area contributed by atoms with Crippen LogP contribution >= 0.6 is 0 Å². The number of hydrogen-bond acceptors (Lipinski definition) is 6. The van der Waals surface area contributed by atoms with E-state index in [1.165, 1.54) is 36.3 Å². The van der Waals surface area contributed by atoms with Crippen molar-refractivity contribution in [1.82, 2.24) is 18.8 Å². The lowest BCUT2D eigenvalue weighted by Crippen LogP contribution is -2.42. The zero-order valence-corrected chi connectivity index (χ0v) is 19.7. The first-order chi connectivity index (χ1) is 15.3. The summed E-state index contributed by atoms with van der Waals surface area (Å²) in [7, 11) is -2.84. The van der Waals surface area contributed by atoms with Gasteiger partial charge in [0.15, 0.2) is 5.82 Å². The summed E-state index contributed by atoms with van der Waals surface area (Å²) in [6.07, 6.45) is 3.98. The van der Waals surface area contributed by atoms with E-state index in [4.69, 9.17) is 4.74 Å². The highest BCUT2D eigenvalue weighted by Gasteiger charge is 2.30. The normalized spacial score (nSPS) is 12.0. The second kappa shape index (κ2) is 8.89. The minimum atomic E-state index is -4.37. The quantitative estimate of drug-likeness (QED) is 0.512. The molecule has 8 nitrogen and oxygen atoms in total. The summed E-state index contributed by atoms with van der Waals surface area (Å²) in [6.45, 7) is 6.46. The first-order valence-electron chi connectivity index (χ1n) is 9.92. The molecule has 0 saturated heterocycles. The van der Waals surface area contributed by atoms with E-state index < -0.39 is 45.7 Å². The summed E-state index contributed by atoms with van der Waals surface area (Å²) >= 11 is 0. The smallest absolute Gasteiger partial charge is 0.410 e. The third-order valence-electron chi connectivity index (χ3n) is 5.04. The molecule has 0 N–H and O–H groups in total. The molecule has 0 spiro atoms. The van der Waals surface area contributed by atoms with E-state index in [2.05, 4.69) is 9.97 Å². The number of hydrogen-bond donors (Lipinski definition) is 0. The number of rotatable bonds is 5.